The van der Waals surface area contributed by atoms with E-state index in [1.165, 1.54) is 23.5 Å². The third-order valence-electron chi connectivity index (χ3n) is 2.46. The molecular weight excluding hydrogens is 287 g/mol. The van der Waals surface area contributed by atoms with Crippen molar-refractivity contribution >= 4 is 28.8 Å². The SMILES string of the molecule is N#CC(NC(=O)c1ccc(F)c(Cl)c1)c1ccsc1. The molecule has 1 aromatic heterocycles. The lowest BCUT2D eigenvalue weighted by atomic mass is 10.1. The van der Waals surface area contributed by atoms with Gasteiger partial charge in [-0.05, 0) is 40.6 Å². The predicted molar refractivity (Wildman–Crippen MR) is 71.5 cm³/mol. The number of carbonyl (C=O) groups excluding carboxylic acids is 1. The molecule has 0 spiro atoms. The van der Waals surface area contributed by atoms with E-state index in [0.29, 0.717) is 5.56 Å². The Kier molecular flexibility index (Phi) is 4.15. The second-order valence-corrected chi connectivity index (χ2v) is 4.91. The average Bonchev–Trinajstić information content (AvgIpc) is 2.92. The van der Waals surface area contributed by atoms with Crippen molar-refractivity contribution in [2.75, 3.05) is 0 Å². The van der Waals surface area contributed by atoms with Crippen LogP contribution in [0.5, 0.6) is 0 Å². The average molecular weight is 295 g/mol. The minimum absolute atomic E-state index is 0.128. The molecule has 0 aliphatic carbocycles. The highest BCUT2D eigenvalue weighted by Crippen LogP contribution is 2.19. The number of nitrogens with one attached hydrogen (secondary N) is 1. The maximum absolute atomic E-state index is 13.0. The number of hydrogen-bond donors (Lipinski definition) is 1. The number of hydrogen-bond acceptors (Lipinski definition) is 3. The van der Waals surface area contributed by atoms with Crippen LogP contribution in [0, 0.1) is 17.1 Å². The lowest BCUT2D eigenvalue weighted by Crippen LogP contribution is -2.27. The van der Waals surface area contributed by atoms with Crippen LogP contribution in [0.3, 0.4) is 0 Å². The van der Waals surface area contributed by atoms with Crippen LogP contribution >= 0.6 is 22.9 Å². The fourth-order valence-electron chi connectivity index (χ4n) is 1.48. The first kappa shape index (κ1) is 13.5. The first-order chi connectivity index (χ1) is 9.11. The first-order valence-electron chi connectivity index (χ1n) is 5.29. The Labute approximate surface area is 118 Å². The molecule has 0 aliphatic rings. The van der Waals surface area contributed by atoms with E-state index in [-0.39, 0.29) is 10.6 Å². The van der Waals surface area contributed by atoms with Gasteiger partial charge in [-0.2, -0.15) is 16.6 Å². The second kappa shape index (κ2) is 5.83. The van der Waals surface area contributed by atoms with Crippen LogP contribution in [-0.4, -0.2) is 5.91 Å². The Morgan fingerprint density at radius 1 is 1.47 bits per heavy atom. The van der Waals surface area contributed by atoms with Gasteiger partial charge in [-0.15, -0.1) is 0 Å². The fraction of sp³-hybridized carbons (Fsp3) is 0.0769. The molecule has 0 fully saturated rings. The van der Waals surface area contributed by atoms with Crippen molar-refractivity contribution in [2.24, 2.45) is 0 Å². The van der Waals surface area contributed by atoms with Crippen LogP contribution in [0.25, 0.3) is 0 Å². The molecular formula is C13H8ClFN2OS. The Balaban J connectivity index is 2.16. The van der Waals surface area contributed by atoms with Gasteiger partial charge < -0.3 is 5.32 Å². The minimum atomic E-state index is -0.734. The highest BCUT2D eigenvalue weighted by atomic mass is 35.5. The van der Waals surface area contributed by atoms with Crippen molar-refractivity contribution in [1.29, 1.82) is 5.26 Å². The van der Waals surface area contributed by atoms with Gasteiger partial charge in [0.2, 0.25) is 0 Å². The number of carbonyl (C=O) groups is 1. The molecule has 1 amide bonds. The zero-order valence-corrected chi connectivity index (χ0v) is 11.1. The van der Waals surface area contributed by atoms with E-state index in [4.69, 9.17) is 16.9 Å². The third-order valence-corrected chi connectivity index (χ3v) is 3.45. The van der Waals surface area contributed by atoms with Crippen molar-refractivity contribution in [3.63, 3.8) is 0 Å². The van der Waals surface area contributed by atoms with E-state index in [0.717, 1.165) is 6.07 Å². The molecule has 3 nitrogen and oxygen atoms in total. The molecule has 0 aliphatic heterocycles. The van der Waals surface area contributed by atoms with Crippen molar-refractivity contribution in [1.82, 2.24) is 5.32 Å². The fourth-order valence-corrected chi connectivity index (χ4v) is 2.35. The standard InChI is InChI=1S/C13H8ClFN2OS/c14-10-5-8(1-2-11(10)15)13(18)17-12(6-16)9-3-4-19-7-9/h1-5,7,12H,(H,17,18). The molecule has 2 aromatic rings. The summed E-state index contributed by atoms with van der Waals surface area (Å²) in [6.45, 7) is 0. The summed E-state index contributed by atoms with van der Waals surface area (Å²) in [5, 5.41) is 15.1. The summed E-state index contributed by atoms with van der Waals surface area (Å²) in [5.74, 6) is -1.06. The van der Waals surface area contributed by atoms with Crippen LogP contribution in [-0.2, 0) is 0 Å². The zero-order valence-electron chi connectivity index (χ0n) is 9.56. The summed E-state index contributed by atoms with van der Waals surface area (Å²) in [6, 6.07) is 6.69. The topological polar surface area (TPSA) is 52.9 Å². The smallest absolute Gasteiger partial charge is 0.252 e. The van der Waals surface area contributed by atoms with Crippen LogP contribution in [0.15, 0.2) is 35.0 Å². The number of nitriles is 1. The number of nitrogens with zero attached hydrogens (tertiary/aromatic N) is 1. The van der Waals surface area contributed by atoms with E-state index in [1.807, 2.05) is 11.4 Å². The van der Waals surface area contributed by atoms with E-state index < -0.39 is 17.8 Å². The van der Waals surface area contributed by atoms with Gasteiger partial charge in [-0.1, -0.05) is 11.6 Å². The minimum Gasteiger partial charge on any atom is -0.332 e. The van der Waals surface area contributed by atoms with Crippen LogP contribution in [0.1, 0.15) is 22.0 Å². The van der Waals surface area contributed by atoms with Gasteiger partial charge in [0, 0.05) is 5.56 Å². The van der Waals surface area contributed by atoms with Crippen LogP contribution in [0.2, 0.25) is 5.02 Å². The molecule has 1 heterocycles. The molecule has 96 valence electrons. The van der Waals surface area contributed by atoms with E-state index >= 15 is 0 Å². The van der Waals surface area contributed by atoms with Gasteiger partial charge >= 0.3 is 0 Å². The van der Waals surface area contributed by atoms with Crippen molar-refractivity contribution in [3.05, 3.63) is 57.0 Å². The lowest BCUT2D eigenvalue weighted by molar-refractivity contribution is 0.0945. The molecule has 6 heteroatoms. The highest BCUT2D eigenvalue weighted by molar-refractivity contribution is 7.08. The molecule has 1 atom stereocenters. The quantitative estimate of drug-likeness (QED) is 0.941. The van der Waals surface area contributed by atoms with Crippen LogP contribution in [0.4, 0.5) is 4.39 Å². The number of rotatable bonds is 3. The first-order valence-corrected chi connectivity index (χ1v) is 6.61. The molecule has 19 heavy (non-hydrogen) atoms. The van der Waals surface area contributed by atoms with Gasteiger partial charge in [0.25, 0.3) is 5.91 Å². The Morgan fingerprint density at radius 3 is 2.84 bits per heavy atom. The number of benzene rings is 1. The number of halogens is 2. The molecule has 0 saturated carbocycles. The molecule has 0 radical (unpaired) electrons. The second-order valence-electron chi connectivity index (χ2n) is 3.72. The Morgan fingerprint density at radius 2 is 2.26 bits per heavy atom. The maximum Gasteiger partial charge on any atom is 0.252 e. The summed E-state index contributed by atoms with van der Waals surface area (Å²) < 4.78 is 13.0. The molecule has 2 rings (SSSR count). The highest BCUT2D eigenvalue weighted by Gasteiger charge is 2.16. The molecule has 0 saturated heterocycles. The van der Waals surface area contributed by atoms with Crippen LogP contribution < -0.4 is 5.32 Å². The maximum atomic E-state index is 13.0. The van der Waals surface area contributed by atoms with Crippen molar-refractivity contribution < 1.29 is 9.18 Å². The Hall–Kier alpha value is -1.90. The lowest BCUT2D eigenvalue weighted by Gasteiger charge is -2.10. The largest absolute Gasteiger partial charge is 0.332 e. The van der Waals surface area contributed by atoms with E-state index in [9.17, 15) is 9.18 Å². The summed E-state index contributed by atoms with van der Waals surface area (Å²) in [4.78, 5) is 11.9. The number of thiophene rings is 1. The summed E-state index contributed by atoms with van der Waals surface area (Å²) in [7, 11) is 0. The normalized spacial score (nSPS) is 11.6. The van der Waals surface area contributed by atoms with Gasteiger partial charge in [0.05, 0.1) is 11.1 Å². The van der Waals surface area contributed by atoms with E-state index in [1.54, 1.807) is 11.4 Å². The summed E-state index contributed by atoms with van der Waals surface area (Å²) >= 11 is 7.05. The summed E-state index contributed by atoms with van der Waals surface area (Å²) in [5.41, 5.74) is 0.927. The van der Waals surface area contributed by atoms with Crippen molar-refractivity contribution in [2.45, 2.75) is 6.04 Å². The van der Waals surface area contributed by atoms with Gasteiger partial charge in [-0.25, -0.2) is 4.39 Å². The monoisotopic (exact) mass is 294 g/mol. The van der Waals surface area contributed by atoms with Gasteiger partial charge in [0.15, 0.2) is 0 Å². The van der Waals surface area contributed by atoms with E-state index in [2.05, 4.69) is 5.32 Å². The predicted octanol–water partition coefficient (Wildman–Crippen LogP) is 3.54. The van der Waals surface area contributed by atoms with Crippen molar-refractivity contribution in [3.8, 4) is 6.07 Å². The molecule has 1 N–H and O–H groups in total. The summed E-state index contributed by atoms with van der Waals surface area (Å²) in [6.07, 6.45) is 0. The third kappa shape index (κ3) is 3.11. The molecule has 1 aromatic carbocycles. The zero-order chi connectivity index (χ0) is 13.8. The van der Waals surface area contributed by atoms with Gasteiger partial charge in [0.1, 0.15) is 11.9 Å². The molecule has 0 bridgehead atoms. The molecule has 1 unspecified atom stereocenters. The Bertz CT molecular complexity index is 637. The van der Waals surface area contributed by atoms with Gasteiger partial charge in [-0.3, -0.25) is 4.79 Å². The number of amides is 1.